The highest BCUT2D eigenvalue weighted by molar-refractivity contribution is 6.09. The van der Waals surface area contributed by atoms with Gasteiger partial charge in [-0.1, -0.05) is 24.3 Å². The quantitative estimate of drug-likeness (QED) is 0.535. The largest absolute Gasteiger partial charge is 0.483 e. The van der Waals surface area contributed by atoms with E-state index >= 15 is 0 Å². The summed E-state index contributed by atoms with van der Waals surface area (Å²) in [7, 11) is 0. The summed E-state index contributed by atoms with van der Waals surface area (Å²) < 4.78 is 44.2. The maximum atomic E-state index is 12.9. The van der Waals surface area contributed by atoms with Gasteiger partial charge in [0.2, 0.25) is 0 Å². The standard InChI is InChI=1S/C23H20F3N3O3/c24-23(25,26)18-7-5-8-19(13-18)28-22(31)17(14-27)12-16-6-1-2-9-20(16)32-15-21(30)29-10-3-4-11-29/h1-2,5-9,12-13H,3-4,10-11,15H2,(H,28,31)/b17-12+. The zero-order valence-corrected chi connectivity index (χ0v) is 17.0. The number of anilines is 1. The van der Waals surface area contributed by atoms with Crippen LogP contribution in [0.1, 0.15) is 24.0 Å². The van der Waals surface area contributed by atoms with Crippen LogP contribution in [0, 0.1) is 11.3 Å². The van der Waals surface area contributed by atoms with Crippen LogP contribution in [0.25, 0.3) is 6.08 Å². The Morgan fingerprint density at radius 3 is 2.53 bits per heavy atom. The van der Waals surface area contributed by atoms with Crippen LogP contribution in [-0.2, 0) is 15.8 Å². The first-order valence-electron chi connectivity index (χ1n) is 9.88. The van der Waals surface area contributed by atoms with Crippen molar-refractivity contribution >= 4 is 23.6 Å². The number of alkyl halides is 3. The Balaban J connectivity index is 1.74. The summed E-state index contributed by atoms with van der Waals surface area (Å²) in [6, 6.07) is 12.4. The fourth-order valence-corrected chi connectivity index (χ4v) is 3.20. The molecule has 2 aromatic carbocycles. The number of para-hydroxylation sites is 1. The summed E-state index contributed by atoms with van der Waals surface area (Å²) in [6.45, 7) is 1.21. The number of hydrogen-bond acceptors (Lipinski definition) is 4. The van der Waals surface area contributed by atoms with Gasteiger partial charge in [-0.25, -0.2) is 0 Å². The van der Waals surface area contributed by atoms with Crippen LogP contribution >= 0.6 is 0 Å². The first-order chi connectivity index (χ1) is 15.3. The van der Waals surface area contributed by atoms with Crippen LogP contribution in [0.4, 0.5) is 18.9 Å². The highest BCUT2D eigenvalue weighted by Gasteiger charge is 2.30. The molecular weight excluding hydrogens is 423 g/mol. The van der Waals surface area contributed by atoms with E-state index in [2.05, 4.69) is 5.32 Å². The second kappa shape index (κ2) is 10.0. The van der Waals surface area contributed by atoms with Crippen molar-refractivity contribution in [3.8, 4) is 11.8 Å². The molecule has 6 nitrogen and oxygen atoms in total. The number of ether oxygens (including phenoxy) is 1. The molecule has 2 aromatic rings. The fraction of sp³-hybridized carbons (Fsp3) is 0.261. The molecule has 3 rings (SSSR count). The summed E-state index contributed by atoms with van der Waals surface area (Å²) in [5, 5.41) is 11.7. The molecule has 1 heterocycles. The molecule has 0 atom stereocenters. The van der Waals surface area contributed by atoms with E-state index in [1.165, 1.54) is 12.1 Å². The summed E-state index contributed by atoms with van der Waals surface area (Å²) in [5.74, 6) is -0.710. The van der Waals surface area contributed by atoms with Gasteiger partial charge in [-0.2, -0.15) is 18.4 Å². The number of carbonyl (C=O) groups is 2. The Hall–Kier alpha value is -3.80. The van der Waals surface area contributed by atoms with Gasteiger partial charge >= 0.3 is 6.18 Å². The first-order valence-corrected chi connectivity index (χ1v) is 9.88. The number of rotatable bonds is 6. The number of likely N-dealkylation sites (tertiary alicyclic amines) is 1. The van der Waals surface area contributed by atoms with E-state index in [4.69, 9.17) is 4.74 Å². The third kappa shape index (κ3) is 5.88. The van der Waals surface area contributed by atoms with E-state index in [0.29, 0.717) is 24.4 Å². The van der Waals surface area contributed by atoms with Gasteiger partial charge < -0.3 is 15.0 Å². The second-order valence-electron chi connectivity index (χ2n) is 7.12. The van der Waals surface area contributed by atoms with E-state index in [1.807, 2.05) is 0 Å². The van der Waals surface area contributed by atoms with Crippen LogP contribution in [0.3, 0.4) is 0 Å². The molecule has 9 heteroatoms. The molecule has 166 valence electrons. The number of benzene rings is 2. The lowest BCUT2D eigenvalue weighted by Crippen LogP contribution is -2.32. The minimum absolute atomic E-state index is 0.0910. The van der Waals surface area contributed by atoms with E-state index in [9.17, 15) is 28.0 Å². The zero-order chi connectivity index (χ0) is 23.1. The van der Waals surface area contributed by atoms with Gasteiger partial charge in [-0.3, -0.25) is 9.59 Å². The number of nitriles is 1. The topological polar surface area (TPSA) is 82.4 Å². The molecule has 32 heavy (non-hydrogen) atoms. The molecule has 1 aliphatic rings. The van der Waals surface area contributed by atoms with Gasteiger partial charge in [-0.05, 0) is 43.2 Å². The average Bonchev–Trinajstić information content (AvgIpc) is 3.31. The smallest absolute Gasteiger partial charge is 0.416 e. The molecule has 0 aromatic heterocycles. The third-order valence-electron chi connectivity index (χ3n) is 4.84. The average molecular weight is 443 g/mol. The van der Waals surface area contributed by atoms with Gasteiger partial charge in [0.05, 0.1) is 5.56 Å². The van der Waals surface area contributed by atoms with Crippen molar-refractivity contribution < 1.29 is 27.5 Å². The van der Waals surface area contributed by atoms with Crippen LogP contribution < -0.4 is 10.1 Å². The Bertz CT molecular complexity index is 1070. The molecule has 0 bridgehead atoms. The van der Waals surface area contributed by atoms with Crippen molar-refractivity contribution in [2.75, 3.05) is 25.0 Å². The lowest BCUT2D eigenvalue weighted by molar-refractivity contribution is -0.137. The SMILES string of the molecule is N#C/C(=C\c1ccccc1OCC(=O)N1CCCC1)C(=O)Nc1cccc(C(F)(F)F)c1. The van der Waals surface area contributed by atoms with Crippen LogP contribution in [0.15, 0.2) is 54.1 Å². The van der Waals surface area contributed by atoms with E-state index < -0.39 is 17.6 Å². The Labute approximate surface area is 182 Å². The molecule has 0 spiro atoms. The highest BCUT2D eigenvalue weighted by Crippen LogP contribution is 2.31. The van der Waals surface area contributed by atoms with Gasteiger partial charge in [0.25, 0.3) is 11.8 Å². The number of nitrogens with one attached hydrogen (secondary N) is 1. The number of halogens is 3. The predicted molar refractivity (Wildman–Crippen MR) is 111 cm³/mol. The summed E-state index contributed by atoms with van der Waals surface area (Å²) in [6.07, 6.45) is -1.38. The van der Waals surface area contributed by atoms with Crippen molar-refractivity contribution in [1.82, 2.24) is 4.90 Å². The van der Waals surface area contributed by atoms with Gasteiger partial charge in [-0.15, -0.1) is 0 Å². The van der Waals surface area contributed by atoms with Gasteiger partial charge in [0, 0.05) is 24.3 Å². The highest BCUT2D eigenvalue weighted by atomic mass is 19.4. The molecular formula is C23H20F3N3O3. The van der Waals surface area contributed by atoms with Crippen molar-refractivity contribution in [1.29, 1.82) is 5.26 Å². The fourth-order valence-electron chi connectivity index (χ4n) is 3.20. The minimum atomic E-state index is -4.56. The Morgan fingerprint density at radius 1 is 1.12 bits per heavy atom. The molecule has 0 unspecified atom stereocenters. The molecule has 1 saturated heterocycles. The van der Waals surface area contributed by atoms with Crippen molar-refractivity contribution in [3.63, 3.8) is 0 Å². The van der Waals surface area contributed by atoms with E-state index in [-0.39, 0.29) is 23.8 Å². The van der Waals surface area contributed by atoms with E-state index in [0.717, 1.165) is 31.0 Å². The maximum Gasteiger partial charge on any atom is 0.416 e. The molecule has 1 fully saturated rings. The molecule has 0 aliphatic carbocycles. The number of nitrogens with zero attached hydrogens (tertiary/aromatic N) is 2. The lowest BCUT2D eigenvalue weighted by atomic mass is 10.1. The van der Waals surface area contributed by atoms with Gasteiger partial charge in [0.15, 0.2) is 6.61 Å². The second-order valence-corrected chi connectivity index (χ2v) is 7.12. The maximum absolute atomic E-state index is 12.9. The monoisotopic (exact) mass is 443 g/mol. The summed E-state index contributed by atoms with van der Waals surface area (Å²) >= 11 is 0. The van der Waals surface area contributed by atoms with Crippen LogP contribution in [0.2, 0.25) is 0 Å². The normalized spacial score (nSPS) is 14.1. The summed E-state index contributed by atoms with van der Waals surface area (Å²) in [5.41, 5.74) is -0.951. The van der Waals surface area contributed by atoms with Crippen LogP contribution in [0.5, 0.6) is 5.75 Å². The number of amides is 2. The minimum Gasteiger partial charge on any atom is -0.483 e. The third-order valence-corrected chi connectivity index (χ3v) is 4.84. The molecule has 1 aliphatic heterocycles. The van der Waals surface area contributed by atoms with Crippen molar-refractivity contribution in [2.24, 2.45) is 0 Å². The van der Waals surface area contributed by atoms with E-state index in [1.54, 1.807) is 35.2 Å². The number of carbonyl (C=O) groups excluding carboxylic acids is 2. The molecule has 0 saturated carbocycles. The van der Waals surface area contributed by atoms with Crippen molar-refractivity contribution in [3.05, 3.63) is 65.2 Å². The zero-order valence-electron chi connectivity index (χ0n) is 17.0. The lowest BCUT2D eigenvalue weighted by Gasteiger charge is -2.16. The molecule has 1 N–H and O–H groups in total. The Kier molecular flexibility index (Phi) is 7.15. The van der Waals surface area contributed by atoms with Crippen molar-refractivity contribution in [2.45, 2.75) is 19.0 Å². The molecule has 2 amide bonds. The van der Waals surface area contributed by atoms with Gasteiger partial charge in [0.1, 0.15) is 17.4 Å². The number of hydrogen-bond donors (Lipinski definition) is 1. The summed E-state index contributed by atoms with van der Waals surface area (Å²) in [4.78, 5) is 26.4. The van der Waals surface area contributed by atoms with Crippen LogP contribution in [-0.4, -0.2) is 36.4 Å². The molecule has 0 radical (unpaired) electrons. The predicted octanol–water partition coefficient (Wildman–Crippen LogP) is 4.25. The Morgan fingerprint density at radius 2 is 1.84 bits per heavy atom. The first kappa shape index (κ1) is 22.9.